The molecule has 0 atom stereocenters. The number of benzene rings is 1. The second kappa shape index (κ2) is 4.75. The van der Waals surface area contributed by atoms with Gasteiger partial charge in [0.25, 0.3) is 5.69 Å². The number of nitro benzene ring substituents is 1. The van der Waals surface area contributed by atoms with E-state index in [0.717, 1.165) is 11.5 Å². The molecule has 0 bridgehead atoms. The number of hydrogen-bond donors (Lipinski definition) is 3. The van der Waals surface area contributed by atoms with Crippen LogP contribution in [-0.4, -0.2) is 20.2 Å². The van der Waals surface area contributed by atoms with Crippen LogP contribution in [0.25, 0.3) is 11.4 Å². The molecule has 1 aromatic carbocycles. The maximum absolute atomic E-state index is 10.5. The minimum absolute atomic E-state index is 0.0102. The van der Waals surface area contributed by atoms with Crippen LogP contribution in [0.1, 0.15) is 0 Å². The van der Waals surface area contributed by atoms with Gasteiger partial charge in [0.15, 0.2) is 11.8 Å². The maximum Gasteiger partial charge on any atom is 0.269 e. The van der Waals surface area contributed by atoms with E-state index in [2.05, 4.69) is 14.7 Å². The lowest BCUT2D eigenvalue weighted by Crippen LogP contribution is -2.20. The van der Waals surface area contributed by atoms with E-state index in [1.165, 1.54) is 12.1 Å². The third-order valence-corrected chi connectivity index (χ3v) is 2.63. The summed E-state index contributed by atoms with van der Waals surface area (Å²) in [5, 5.41) is 20.5. The van der Waals surface area contributed by atoms with Crippen LogP contribution in [0, 0.1) is 15.5 Å². The smallest absolute Gasteiger partial charge is 0.269 e. The van der Waals surface area contributed by atoms with Crippen molar-refractivity contribution in [3.8, 4) is 11.4 Å². The first-order valence-corrected chi connectivity index (χ1v) is 5.53. The van der Waals surface area contributed by atoms with E-state index in [9.17, 15) is 10.1 Å². The van der Waals surface area contributed by atoms with E-state index < -0.39 is 4.92 Å². The normalized spacial score (nSPS) is 10.0. The Balaban J connectivity index is 2.23. The second-order valence-electron chi connectivity index (χ2n) is 3.27. The number of nitrogens with one attached hydrogen (secondary N) is 2. The zero-order chi connectivity index (χ0) is 13.1. The van der Waals surface area contributed by atoms with Gasteiger partial charge in [0.1, 0.15) is 0 Å². The summed E-state index contributed by atoms with van der Waals surface area (Å²) >= 11 is 1.06. The summed E-state index contributed by atoms with van der Waals surface area (Å²) < 4.78 is 4.06. The summed E-state index contributed by atoms with van der Waals surface area (Å²) in [6.07, 6.45) is 0. The number of hydrogen-bond acceptors (Lipinski definition) is 6. The molecule has 1 aromatic heterocycles. The highest BCUT2D eigenvalue weighted by Crippen LogP contribution is 2.23. The van der Waals surface area contributed by atoms with Crippen molar-refractivity contribution in [2.75, 3.05) is 5.32 Å². The third kappa shape index (κ3) is 2.58. The Bertz CT molecular complexity index is 593. The summed E-state index contributed by atoms with van der Waals surface area (Å²) in [7, 11) is 0. The lowest BCUT2D eigenvalue weighted by molar-refractivity contribution is -0.384. The van der Waals surface area contributed by atoms with Crippen molar-refractivity contribution >= 4 is 28.3 Å². The molecule has 8 nitrogen and oxygen atoms in total. The van der Waals surface area contributed by atoms with Crippen molar-refractivity contribution in [3.05, 3.63) is 34.4 Å². The molecule has 0 aliphatic heterocycles. The summed E-state index contributed by atoms with van der Waals surface area (Å²) in [6, 6.07) is 5.90. The summed E-state index contributed by atoms with van der Waals surface area (Å²) in [6.45, 7) is 0. The number of anilines is 1. The Morgan fingerprint density at radius 2 is 2.11 bits per heavy atom. The van der Waals surface area contributed by atoms with Crippen molar-refractivity contribution in [1.29, 1.82) is 5.41 Å². The van der Waals surface area contributed by atoms with Gasteiger partial charge in [-0.3, -0.25) is 15.5 Å². The van der Waals surface area contributed by atoms with E-state index in [1.807, 2.05) is 0 Å². The predicted molar refractivity (Wildman–Crippen MR) is 67.5 cm³/mol. The number of nitrogens with two attached hydrogens (primary N) is 1. The summed E-state index contributed by atoms with van der Waals surface area (Å²) in [5.41, 5.74) is 5.83. The number of nitro groups is 1. The largest absolute Gasteiger partial charge is 0.370 e. The highest BCUT2D eigenvalue weighted by Gasteiger charge is 2.09. The SMILES string of the molecule is N=C(N)Nc1nc(-c2ccc([N+](=O)[O-])cc2)ns1. The van der Waals surface area contributed by atoms with Gasteiger partial charge in [-0.05, 0) is 12.1 Å². The fraction of sp³-hybridized carbons (Fsp3) is 0. The minimum atomic E-state index is -0.471. The van der Waals surface area contributed by atoms with Crippen molar-refractivity contribution in [3.63, 3.8) is 0 Å². The molecule has 18 heavy (non-hydrogen) atoms. The van der Waals surface area contributed by atoms with Crippen molar-refractivity contribution < 1.29 is 4.92 Å². The third-order valence-electron chi connectivity index (χ3n) is 2.00. The molecule has 0 aliphatic rings. The standard InChI is InChI=1S/C9H8N6O2S/c10-8(11)13-9-12-7(14-18-9)5-1-3-6(4-2-5)15(16)17/h1-4H,(H4,10,11,12,13,14). The predicted octanol–water partition coefficient (Wildman–Crippen LogP) is 1.42. The molecule has 0 amide bonds. The lowest BCUT2D eigenvalue weighted by Gasteiger charge is -1.96. The van der Waals surface area contributed by atoms with Crippen LogP contribution in [0.2, 0.25) is 0 Å². The van der Waals surface area contributed by atoms with Crippen LogP contribution >= 0.6 is 11.5 Å². The van der Waals surface area contributed by atoms with Crippen LogP contribution < -0.4 is 11.1 Å². The van der Waals surface area contributed by atoms with Gasteiger partial charge >= 0.3 is 0 Å². The average Bonchev–Trinajstić information content (AvgIpc) is 2.76. The number of rotatable bonds is 3. The zero-order valence-electron chi connectivity index (χ0n) is 8.95. The average molecular weight is 264 g/mol. The molecule has 2 aromatic rings. The van der Waals surface area contributed by atoms with Crippen LogP contribution in [0.15, 0.2) is 24.3 Å². The zero-order valence-corrected chi connectivity index (χ0v) is 9.77. The van der Waals surface area contributed by atoms with Gasteiger partial charge in [-0.1, -0.05) is 0 Å². The molecule has 0 aliphatic carbocycles. The molecular weight excluding hydrogens is 256 g/mol. The Morgan fingerprint density at radius 3 is 2.67 bits per heavy atom. The molecule has 92 valence electrons. The van der Waals surface area contributed by atoms with Crippen LogP contribution in [0.5, 0.6) is 0 Å². The van der Waals surface area contributed by atoms with Crippen molar-refractivity contribution in [2.45, 2.75) is 0 Å². The van der Waals surface area contributed by atoms with E-state index in [-0.39, 0.29) is 11.6 Å². The van der Waals surface area contributed by atoms with E-state index in [4.69, 9.17) is 11.1 Å². The molecule has 4 N–H and O–H groups in total. The first-order chi connectivity index (χ1) is 8.56. The second-order valence-corrected chi connectivity index (χ2v) is 4.02. The van der Waals surface area contributed by atoms with Gasteiger partial charge in [-0.15, -0.1) is 0 Å². The van der Waals surface area contributed by atoms with Gasteiger partial charge in [0.2, 0.25) is 5.13 Å². The molecule has 0 saturated heterocycles. The Hall–Kier alpha value is -2.55. The van der Waals surface area contributed by atoms with Crippen LogP contribution in [0.4, 0.5) is 10.8 Å². The fourth-order valence-corrected chi connectivity index (χ4v) is 1.84. The molecule has 0 unspecified atom stereocenters. The van der Waals surface area contributed by atoms with Gasteiger partial charge in [0.05, 0.1) is 4.92 Å². The van der Waals surface area contributed by atoms with Crippen molar-refractivity contribution in [1.82, 2.24) is 9.36 Å². The van der Waals surface area contributed by atoms with Gasteiger partial charge in [-0.25, -0.2) is 0 Å². The van der Waals surface area contributed by atoms with Crippen LogP contribution in [0.3, 0.4) is 0 Å². The van der Waals surface area contributed by atoms with Gasteiger partial charge in [0, 0.05) is 29.2 Å². The topological polar surface area (TPSA) is 131 Å². The number of nitrogens with zero attached hydrogens (tertiary/aromatic N) is 3. The summed E-state index contributed by atoms with van der Waals surface area (Å²) in [4.78, 5) is 14.1. The maximum atomic E-state index is 10.5. The highest BCUT2D eigenvalue weighted by molar-refractivity contribution is 7.10. The molecule has 1 heterocycles. The first-order valence-electron chi connectivity index (χ1n) is 4.76. The lowest BCUT2D eigenvalue weighted by atomic mass is 10.2. The monoisotopic (exact) mass is 264 g/mol. The number of aromatic nitrogens is 2. The van der Waals surface area contributed by atoms with Gasteiger partial charge in [-0.2, -0.15) is 9.36 Å². The Labute approximate surface area is 105 Å². The molecule has 9 heteroatoms. The molecule has 0 saturated carbocycles. The molecule has 0 fully saturated rings. The van der Waals surface area contributed by atoms with Gasteiger partial charge < -0.3 is 11.1 Å². The number of guanidine groups is 1. The van der Waals surface area contributed by atoms with E-state index in [1.54, 1.807) is 12.1 Å². The van der Waals surface area contributed by atoms with E-state index in [0.29, 0.717) is 16.5 Å². The highest BCUT2D eigenvalue weighted by atomic mass is 32.1. The quantitative estimate of drug-likeness (QED) is 0.332. The fourth-order valence-electron chi connectivity index (χ4n) is 1.24. The molecule has 2 rings (SSSR count). The first kappa shape index (κ1) is 11.9. The Kier molecular flexibility index (Phi) is 3.15. The van der Waals surface area contributed by atoms with Crippen molar-refractivity contribution in [2.24, 2.45) is 5.73 Å². The summed E-state index contributed by atoms with van der Waals surface area (Å²) in [5.74, 6) is 0.208. The minimum Gasteiger partial charge on any atom is -0.370 e. The van der Waals surface area contributed by atoms with Crippen LogP contribution in [-0.2, 0) is 0 Å². The molecule has 0 spiro atoms. The molecular formula is C9H8N6O2S. The Morgan fingerprint density at radius 1 is 1.44 bits per heavy atom. The number of non-ortho nitro benzene ring substituents is 1. The van der Waals surface area contributed by atoms with E-state index >= 15 is 0 Å². The molecule has 0 radical (unpaired) electrons.